The maximum atomic E-state index is 9.62. The van der Waals surface area contributed by atoms with Gasteiger partial charge >= 0.3 is 0 Å². The molecule has 140 valence electrons. The molecule has 0 radical (unpaired) electrons. The first-order valence-corrected chi connectivity index (χ1v) is 9.89. The summed E-state index contributed by atoms with van der Waals surface area (Å²) in [4.78, 5) is 4.98. The largest absolute Gasteiger partial charge is 0.508 e. The van der Waals surface area contributed by atoms with Crippen molar-refractivity contribution >= 4 is 11.6 Å². The molecule has 0 amide bonds. The van der Waals surface area contributed by atoms with Crippen molar-refractivity contribution < 1.29 is 5.11 Å². The summed E-state index contributed by atoms with van der Waals surface area (Å²) in [5.74, 6) is 1.07. The maximum absolute atomic E-state index is 9.62. The van der Waals surface area contributed by atoms with Crippen molar-refractivity contribution in [2.75, 3.05) is 33.2 Å². The predicted molar refractivity (Wildman–Crippen MR) is 109 cm³/mol. The van der Waals surface area contributed by atoms with Gasteiger partial charge in [0.15, 0.2) is 0 Å². The summed E-state index contributed by atoms with van der Waals surface area (Å²) in [6.45, 7) is 5.50. The smallest absolute Gasteiger partial charge is 0.115 e. The highest BCUT2D eigenvalue weighted by atomic mass is 35.5. The summed E-state index contributed by atoms with van der Waals surface area (Å²) in [5, 5.41) is 10.4. The average Bonchev–Trinajstić information content (AvgIpc) is 2.61. The molecule has 1 heterocycles. The fourth-order valence-electron chi connectivity index (χ4n) is 3.91. The second kappa shape index (κ2) is 9.40. The zero-order chi connectivity index (χ0) is 18.4. The van der Waals surface area contributed by atoms with E-state index in [9.17, 15) is 5.11 Å². The van der Waals surface area contributed by atoms with E-state index >= 15 is 0 Å². The van der Waals surface area contributed by atoms with Crippen LogP contribution >= 0.6 is 11.6 Å². The van der Waals surface area contributed by atoms with E-state index in [1.807, 2.05) is 24.3 Å². The highest BCUT2D eigenvalue weighted by Gasteiger charge is 2.21. The van der Waals surface area contributed by atoms with Crippen molar-refractivity contribution in [1.82, 2.24) is 9.80 Å². The molecule has 1 aliphatic heterocycles. The normalized spacial score (nSPS) is 18.3. The van der Waals surface area contributed by atoms with Crippen LogP contribution in [-0.2, 0) is 13.0 Å². The number of hydrogen-bond acceptors (Lipinski definition) is 3. The third-order valence-electron chi connectivity index (χ3n) is 5.17. The SMILES string of the molecule is CN(Cc1cccc(O)c1)CC1CCCN(CCc2ccc(Cl)cc2)C1. The summed E-state index contributed by atoms with van der Waals surface area (Å²) < 4.78 is 0. The van der Waals surface area contributed by atoms with Crippen molar-refractivity contribution in [1.29, 1.82) is 0 Å². The first-order valence-electron chi connectivity index (χ1n) is 9.52. The molecule has 1 aliphatic rings. The second-order valence-electron chi connectivity index (χ2n) is 7.55. The number of nitrogens with zero attached hydrogens (tertiary/aromatic N) is 2. The summed E-state index contributed by atoms with van der Waals surface area (Å²) in [6, 6.07) is 15.8. The second-order valence-corrected chi connectivity index (χ2v) is 7.99. The Morgan fingerprint density at radius 1 is 1.15 bits per heavy atom. The van der Waals surface area contributed by atoms with E-state index in [0.29, 0.717) is 5.75 Å². The quantitative estimate of drug-likeness (QED) is 0.778. The molecule has 2 aromatic carbocycles. The number of likely N-dealkylation sites (tertiary alicyclic amines) is 1. The van der Waals surface area contributed by atoms with Crippen LogP contribution in [0, 0.1) is 5.92 Å². The van der Waals surface area contributed by atoms with Gasteiger partial charge in [-0.2, -0.15) is 0 Å². The summed E-state index contributed by atoms with van der Waals surface area (Å²) in [6.07, 6.45) is 3.68. The maximum Gasteiger partial charge on any atom is 0.115 e. The molecule has 3 nitrogen and oxygen atoms in total. The molecule has 0 aliphatic carbocycles. The van der Waals surface area contributed by atoms with E-state index < -0.39 is 0 Å². The molecule has 2 aromatic rings. The van der Waals surface area contributed by atoms with Crippen LogP contribution < -0.4 is 0 Å². The molecule has 1 unspecified atom stereocenters. The van der Waals surface area contributed by atoms with Crippen LogP contribution in [0.3, 0.4) is 0 Å². The van der Waals surface area contributed by atoms with Gasteiger partial charge in [-0.1, -0.05) is 35.9 Å². The van der Waals surface area contributed by atoms with Crippen molar-refractivity contribution in [3.63, 3.8) is 0 Å². The van der Waals surface area contributed by atoms with Gasteiger partial charge in [0.1, 0.15) is 5.75 Å². The molecule has 1 atom stereocenters. The number of rotatable bonds is 7. The van der Waals surface area contributed by atoms with Crippen molar-refractivity contribution in [3.8, 4) is 5.75 Å². The van der Waals surface area contributed by atoms with Crippen LogP contribution in [0.5, 0.6) is 5.75 Å². The molecule has 4 heteroatoms. The van der Waals surface area contributed by atoms with Gasteiger partial charge in [-0.3, -0.25) is 0 Å². The molecule has 1 fully saturated rings. The number of halogens is 1. The standard InChI is InChI=1S/C22H29ClN2O/c1-24(15-19-4-2-6-22(26)14-19)16-20-5-3-12-25(17-20)13-11-18-7-9-21(23)10-8-18/h2,4,6-10,14,20,26H,3,5,11-13,15-17H2,1H3. The van der Waals surface area contributed by atoms with Gasteiger partial charge in [-0.05, 0) is 74.2 Å². The lowest BCUT2D eigenvalue weighted by Gasteiger charge is -2.34. The summed E-state index contributed by atoms with van der Waals surface area (Å²) in [5.41, 5.74) is 2.53. The molecular weight excluding hydrogens is 344 g/mol. The third kappa shape index (κ3) is 6.01. The minimum atomic E-state index is 0.349. The average molecular weight is 373 g/mol. The minimum Gasteiger partial charge on any atom is -0.508 e. The lowest BCUT2D eigenvalue weighted by Crippen LogP contribution is -2.40. The number of phenolic OH excluding ortho intramolecular Hbond substituents is 1. The Kier molecular flexibility index (Phi) is 6.95. The molecule has 0 saturated carbocycles. The summed E-state index contributed by atoms with van der Waals surface area (Å²) >= 11 is 5.97. The Hall–Kier alpha value is -1.55. The van der Waals surface area contributed by atoms with E-state index in [2.05, 4.69) is 35.0 Å². The van der Waals surface area contributed by atoms with Gasteiger partial charge in [0.25, 0.3) is 0 Å². The topological polar surface area (TPSA) is 26.7 Å². The van der Waals surface area contributed by atoms with Crippen LogP contribution in [0.15, 0.2) is 48.5 Å². The number of aromatic hydroxyl groups is 1. The Morgan fingerprint density at radius 3 is 2.73 bits per heavy atom. The van der Waals surface area contributed by atoms with Gasteiger partial charge in [0.2, 0.25) is 0 Å². The lowest BCUT2D eigenvalue weighted by molar-refractivity contribution is 0.142. The van der Waals surface area contributed by atoms with Crippen LogP contribution in [0.2, 0.25) is 5.02 Å². The monoisotopic (exact) mass is 372 g/mol. The zero-order valence-electron chi connectivity index (χ0n) is 15.6. The van der Waals surface area contributed by atoms with Gasteiger partial charge in [-0.15, -0.1) is 0 Å². The first kappa shape index (κ1) is 19.2. The summed E-state index contributed by atoms with van der Waals surface area (Å²) in [7, 11) is 2.18. The fourth-order valence-corrected chi connectivity index (χ4v) is 4.04. The highest BCUT2D eigenvalue weighted by Crippen LogP contribution is 2.20. The van der Waals surface area contributed by atoms with Gasteiger partial charge in [-0.25, -0.2) is 0 Å². The lowest BCUT2D eigenvalue weighted by atomic mass is 9.97. The van der Waals surface area contributed by atoms with Gasteiger partial charge < -0.3 is 14.9 Å². The molecule has 1 N–H and O–H groups in total. The third-order valence-corrected chi connectivity index (χ3v) is 5.42. The molecule has 1 saturated heterocycles. The van der Waals surface area contributed by atoms with E-state index in [1.54, 1.807) is 6.07 Å². The zero-order valence-corrected chi connectivity index (χ0v) is 16.3. The van der Waals surface area contributed by atoms with Crippen LogP contribution in [0.4, 0.5) is 0 Å². The van der Waals surface area contributed by atoms with E-state index in [-0.39, 0.29) is 0 Å². The minimum absolute atomic E-state index is 0.349. The number of piperidine rings is 1. The Balaban J connectivity index is 1.44. The molecule has 0 spiro atoms. The molecule has 0 aromatic heterocycles. The Morgan fingerprint density at radius 2 is 1.96 bits per heavy atom. The molecule has 26 heavy (non-hydrogen) atoms. The molecule has 0 bridgehead atoms. The van der Waals surface area contributed by atoms with Crippen LogP contribution in [-0.4, -0.2) is 48.1 Å². The Labute approximate surface area is 162 Å². The van der Waals surface area contributed by atoms with Crippen molar-refractivity contribution in [2.45, 2.75) is 25.8 Å². The molecular formula is C22H29ClN2O. The first-order chi connectivity index (χ1) is 12.6. The number of phenols is 1. The predicted octanol–water partition coefficient (Wildman–Crippen LogP) is 4.43. The number of hydrogen-bond donors (Lipinski definition) is 1. The van der Waals surface area contributed by atoms with E-state index in [1.165, 1.54) is 37.1 Å². The van der Waals surface area contributed by atoms with Crippen LogP contribution in [0.25, 0.3) is 0 Å². The van der Waals surface area contributed by atoms with E-state index in [0.717, 1.165) is 37.0 Å². The number of benzene rings is 2. The molecule has 3 rings (SSSR count). The fraction of sp³-hybridized carbons (Fsp3) is 0.455. The van der Waals surface area contributed by atoms with Crippen molar-refractivity contribution in [3.05, 3.63) is 64.7 Å². The Bertz CT molecular complexity index is 689. The van der Waals surface area contributed by atoms with Gasteiger partial charge in [0, 0.05) is 31.2 Å². The van der Waals surface area contributed by atoms with Crippen LogP contribution in [0.1, 0.15) is 24.0 Å². The van der Waals surface area contributed by atoms with E-state index in [4.69, 9.17) is 11.6 Å². The highest BCUT2D eigenvalue weighted by molar-refractivity contribution is 6.30. The van der Waals surface area contributed by atoms with Gasteiger partial charge in [0.05, 0.1) is 0 Å². The van der Waals surface area contributed by atoms with Crippen molar-refractivity contribution in [2.24, 2.45) is 5.92 Å².